The van der Waals surface area contributed by atoms with Crippen LogP contribution in [0.2, 0.25) is 0 Å². The van der Waals surface area contributed by atoms with E-state index in [2.05, 4.69) is 5.32 Å². The zero-order valence-electron chi connectivity index (χ0n) is 28.0. The van der Waals surface area contributed by atoms with Crippen molar-refractivity contribution in [2.24, 2.45) is 5.92 Å². The molecular formula is C34H46N2O12. The minimum Gasteiger partial charge on any atom is -0.493 e. The van der Waals surface area contributed by atoms with E-state index in [0.717, 1.165) is 11.1 Å². The van der Waals surface area contributed by atoms with Crippen LogP contribution < -0.4 is 29.7 Å². The molecule has 14 nitrogen and oxygen atoms in total. The third-order valence-corrected chi connectivity index (χ3v) is 9.50. The number of hydroxylamine groups is 2. The van der Waals surface area contributed by atoms with Gasteiger partial charge in [0.1, 0.15) is 25.0 Å². The van der Waals surface area contributed by atoms with Crippen molar-refractivity contribution in [1.82, 2.24) is 10.4 Å². The van der Waals surface area contributed by atoms with Crippen LogP contribution >= 0.6 is 0 Å². The molecular weight excluding hydrogens is 628 g/mol. The summed E-state index contributed by atoms with van der Waals surface area (Å²) >= 11 is 0. The maximum Gasteiger partial charge on any atom is 0.237 e. The number of nitrogens with one attached hydrogen (secondary N) is 1. The monoisotopic (exact) mass is 674 g/mol. The molecule has 0 spiro atoms. The number of hydrogen-bond acceptors (Lipinski definition) is 13. The van der Waals surface area contributed by atoms with Crippen LogP contribution in [0.1, 0.15) is 42.9 Å². The molecule has 1 aliphatic carbocycles. The Balaban J connectivity index is 1.34. The first-order valence-electron chi connectivity index (χ1n) is 16.1. The van der Waals surface area contributed by atoms with E-state index in [1.54, 1.807) is 26.4 Å². The number of aryl methyl sites for hydroxylation is 1. The Hall–Kier alpha value is -3.50. The molecule has 264 valence electrons. The Labute approximate surface area is 279 Å². The summed E-state index contributed by atoms with van der Waals surface area (Å²) in [5, 5.41) is 34.5. The van der Waals surface area contributed by atoms with Gasteiger partial charge in [-0.05, 0) is 60.6 Å². The molecule has 5 rings (SSSR count). The molecule has 2 fully saturated rings. The van der Waals surface area contributed by atoms with Crippen molar-refractivity contribution >= 4 is 5.91 Å². The van der Waals surface area contributed by atoms with Crippen LogP contribution in [0, 0.1) is 5.92 Å². The highest BCUT2D eigenvalue weighted by molar-refractivity contribution is 5.84. The Bertz CT molecular complexity index is 1500. The van der Waals surface area contributed by atoms with Crippen molar-refractivity contribution in [3.8, 4) is 34.1 Å². The number of nitrogens with zero attached hydrogens (tertiary/aromatic N) is 1. The van der Waals surface area contributed by atoms with Gasteiger partial charge in [0.15, 0.2) is 17.2 Å². The van der Waals surface area contributed by atoms with Gasteiger partial charge >= 0.3 is 0 Å². The maximum absolute atomic E-state index is 13.6. The van der Waals surface area contributed by atoms with Gasteiger partial charge < -0.3 is 49.1 Å². The van der Waals surface area contributed by atoms with Crippen LogP contribution in [-0.2, 0) is 25.5 Å². The molecule has 2 aromatic carbocycles. The zero-order chi connectivity index (χ0) is 34.5. The summed E-state index contributed by atoms with van der Waals surface area (Å²) in [6.45, 7) is -0.252. The van der Waals surface area contributed by atoms with E-state index in [-0.39, 0.29) is 48.7 Å². The lowest BCUT2D eigenvalue weighted by Gasteiger charge is -2.42. The van der Waals surface area contributed by atoms with Gasteiger partial charge in [0.05, 0.1) is 67.0 Å². The summed E-state index contributed by atoms with van der Waals surface area (Å²) in [6, 6.07) is 6.23. The second-order valence-electron chi connectivity index (χ2n) is 12.2. The van der Waals surface area contributed by atoms with Crippen LogP contribution in [0.15, 0.2) is 29.1 Å². The second-order valence-corrected chi connectivity index (χ2v) is 12.2. The molecule has 1 amide bonds. The molecule has 2 unspecified atom stereocenters. The first-order valence-corrected chi connectivity index (χ1v) is 16.1. The highest BCUT2D eigenvalue weighted by atomic mass is 16.7. The van der Waals surface area contributed by atoms with Crippen molar-refractivity contribution < 1.29 is 53.4 Å². The molecule has 2 heterocycles. The van der Waals surface area contributed by atoms with Crippen molar-refractivity contribution in [3.63, 3.8) is 0 Å². The lowest BCUT2D eigenvalue weighted by Crippen LogP contribution is -2.53. The van der Waals surface area contributed by atoms with Crippen LogP contribution in [-0.4, -0.2) is 112 Å². The van der Waals surface area contributed by atoms with Crippen LogP contribution in [0.4, 0.5) is 0 Å². The summed E-state index contributed by atoms with van der Waals surface area (Å²) in [5.74, 6) is 1.12. The van der Waals surface area contributed by atoms with Crippen molar-refractivity contribution in [3.05, 3.63) is 45.6 Å². The highest BCUT2D eigenvalue weighted by Crippen LogP contribution is 2.50. The number of carbonyl (C=O) groups is 1. The fraction of sp³-hybridized carbons (Fsp3) is 0.588. The minimum atomic E-state index is -1.14. The van der Waals surface area contributed by atoms with E-state index >= 15 is 0 Å². The van der Waals surface area contributed by atoms with Crippen molar-refractivity contribution in [1.29, 1.82) is 0 Å². The maximum atomic E-state index is 13.6. The minimum absolute atomic E-state index is 0.0673. The fourth-order valence-electron chi connectivity index (χ4n) is 7.00. The molecule has 7 atom stereocenters. The molecule has 3 aliphatic rings. The average molecular weight is 675 g/mol. The fourth-order valence-corrected chi connectivity index (χ4v) is 7.00. The van der Waals surface area contributed by atoms with Gasteiger partial charge in [-0.15, -0.1) is 0 Å². The highest BCUT2D eigenvalue weighted by Gasteiger charge is 2.41. The van der Waals surface area contributed by atoms with E-state index in [0.29, 0.717) is 54.1 Å². The molecule has 48 heavy (non-hydrogen) atoms. The Morgan fingerprint density at radius 3 is 2.35 bits per heavy atom. The van der Waals surface area contributed by atoms with Crippen LogP contribution in [0.5, 0.6) is 23.0 Å². The smallest absolute Gasteiger partial charge is 0.237 e. The summed E-state index contributed by atoms with van der Waals surface area (Å²) < 4.78 is 34.4. The molecule has 4 N–H and O–H groups in total. The standard InChI is InChI=1S/C34H46N2O12/c1-42-25-10-8-20-21(13-23(25)38)22(9-6-18-12-27(43-2)33(44-3)34(45-4)31(18)20)35-29(40)15-36(46-5)30-11-7-19(17-47-30)26-14-24(39)32(41)28(16-37)48-26/h8,10,12-13,19,22,24,26,28,30,32,37,39,41H,6-7,9,11,14-17H2,1-5H3,(H,35,40)/t19-,22+,24-,26?,28?,30-,32-/m1/s1. The SMILES string of the molecule is COc1cc2c(c(OC)c1OC)-c1ccc(OC)c(=O)cc1[C@@H](NC(=O)CN(OC)[C@H]1CC[C@@H](C3C[C@@H](O)[C@@H](O)C(CO)O3)CO1)CC2. The van der Waals surface area contributed by atoms with E-state index < -0.39 is 37.2 Å². The topological polar surface area (TPSA) is 175 Å². The van der Waals surface area contributed by atoms with Crippen molar-refractivity contribution in [2.75, 3.05) is 55.3 Å². The number of methoxy groups -OCH3 is 4. The Kier molecular flexibility index (Phi) is 11.8. The molecule has 0 saturated carbocycles. The number of aliphatic hydroxyl groups is 3. The molecule has 0 radical (unpaired) electrons. The second kappa shape index (κ2) is 15.8. The van der Waals surface area contributed by atoms with Gasteiger partial charge in [0.25, 0.3) is 0 Å². The number of aliphatic hydroxyl groups excluding tert-OH is 3. The van der Waals surface area contributed by atoms with E-state index in [4.69, 9.17) is 33.3 Å². The van der Waals surface area contributed by atoms with Crippen LogP contribution in [0.3, 0.4) is 0 Å². The number of benzene rings is 1. The average Bonchev–Trinajstić information content (AvgIpc) is 3.35. The number of hydrogen-bond donors (Lipinski definition) is 4. The van der Waals surface area contributed by atoms with Gasteiger partial charge in [-0.1, -0.05) is 6.07 Å². The number of amides is 1. The van der Waals surface area contributed by atoms with E-state index in [1.165, 1.54) is 32.5 Å². The van der Waals surface area contributed by atoms with Gasteiger partial charge in [-0.2, -0.15) is 5.06 Å². The van der Waals surface area contributed by atoms with Gasteiger partial charge in [0, 0.05) is 17.9 Å². The third kappa shape index (κ3) is 7.25. The lowest BCUT2D eigenvalue weighted by atomic mass is 9.87. The molecule has 0 aromatic heterocycles. The van der Waals surface area contributed by atoms with E-state index in [1.807, 2.05) is 6.07 Å². The number of carbonyl (C=O) groups excluding carboxylic acids is 1. The first kappa shape index (κ1) is 35.8. The number of fused-ring (bicyclic) bond motifs is 3. The van der Waals surface area contributed by atoms with Crippen molar-refractivity contribution in [2.45, 2.75) is 68.8 Å². The molecule has 0 bridgehead atoms. The molecule has 14 heteroatoms. The van der Waals surface area contributed by atoms with Gasteiger partial charge in [0.2, 0.25) is 17.1 Å². The first-order chi connectivity index (χ1) is 23.2. The van der Waals surface area contributed by atoms with Crippen LogP contribution in [0.25, 0.3) is 11.1 Å². The molecule has 2 aromatic rings. The Morgan fingerprint density at radius 1 is 0.979 bits per heavy atom. The van der Waals surface area contributed by atoms with Gasteiger partial charge in [-0.25, -0.2) is 0 Å². The summed E-state index contributed by atoms with van der Waals surface area (Å²) in [6.07, 6.45) is -1.47. The Morgan fingerprint density at radius 2 is 1.73 bits per heavy atom. The zero-order valence-corrected chi connectivity index (χ0v) is 28.0. The predicted octanol–water partition coefficient (Wildman–Crippen LogP) is 1.34. The largest absolute Gasteiger partial charge is 0.493 e. The number of ether oxygens (including phenoxy) is 6. The summed E-state index contributed by atoms with van der Waals surface area (Å²) in [5.41, 5.74) is 2.58. The quantitative estimate of drug-likeness (QED) is 0.252. The number of rotatable bonds is 11. The normalized spacial score (nSPS) is 26.9. The lowest BCUT2D eigenvalue weighted by molar-refractivity contribution is -0.262. The summed E-state index contributed by atoms with van der Waals surface area (Å²) in [7, 11) is 7.52. The molecule has 2 aliphatic heterocycles. The molecule has 2 saturated heterocycles. The summed E-state index contributed by atoms with van der Waals surface area (Å²) in [4.78, 5) is 32.4. The predicted molar refractivity (Wildman–Crippen MR) is 172 cm³/mol. The van der Waals surface area contributed by atoms with E-state index in [9.17, 15) is 24.9 Å². The van der Waals surface area contributed by atoms with Gasteiger partial charge in [-0.3, -0.25) is 14.4 Å². The third-order valence-electron chi connectivity index (χ3n) is 9.50.